The average Bonchev–Trinajstić information content (AvgIpc) is 2.98. The van der Waals surface area contributed by atoms with Crippen molar-refractivity contribution in [2.24, 2.45) is 0 Å². The number of carbonyl (C=O) groups is 2. The maximum atomic E-state index is 12.4. The van der Waals surface area contributed by atoms with Gasteiger partial charge in [0.25, 0.3) is 5.91 Å². The van der Waals surface area contributed by atoms with E-state index in [2.05, 4.69) is 20.9 Å². The van der Waals surface area contributed by atoms with E-state index in [0.717, 1.165) is 12.8 Å². The summed E-state index contributed by atoms with van der Waals surface area (Å²) in [6, 6.07) is 8.15. The lowest BCUT2D eigenvalue weighted by atomic mass is 10.00. The smallest absolute Gasteiger partial charge is 0.257 e. The first-order chi connectivity index (χ1) is 12.6. The predicted octanol–water partition coefficient (Wildman–Crippen LogP) is 0.657. The molecule has 2 aliphatic rings. The summed E-state index contributed by atoms with van der Waals surface area (Å²) in [6.45, 7) is -0.135. The number of para-hydroxylation sites is 1. The summed E-state index contributed by atoms with van der Waals surface area (Å²) in [5.41, 5.74) is 0.343. The molecule has 3 heterocycles. The third-order valence-corrected chi connectivity index (χ3v) is 5.28. The molecule has 2 aliphatic heterocycles. The van der Waals surface area contributed by atoms with Gasteiger partial charge < -0.3 is 20.9 Å². The van der Waals surface area contributed by atoms with Gasteiger partial charge in [0.1, 0.15) is 5.56 Å². The molecule has 7 nitrogen and oxygen atoms in total. The molecule has 2 atom stereocenters. The van der Waals surface area contributed by atoms with Crippen LogP contribution in [0.1, 0.15) is 36.0 Å². The molecule has 2 saturated heterocycles. The van der Waals surface area contributed by atoms with Crippen molar-refractivity contribution in [3.05, 3.63) is 46.2 Å². The Morgan fingerprint density at radius 3 is 2.62 bits per heavy atom. The number of pyridine rings is 1. The van der Waals surface area contributed by atoms with E-state index in [1.54, 1.807) is 18.2 Å². The van der Waals surface area contributed by atoms with Gasteiger partial charge in [-0.2, -0.15) is 0 Å². The number of H-pyrrole nitrogens is 1. The van der Waals surface area contributed by atoms with Gasteiger partial charge in [0.05, 0.1) is 6.54 Å². The Morgan fingerprint density at radius 2 is 1.85 bits per heavy atom. The maximum Gasteiger partial charge on any atom is 0.257 e. The topological polar surface area (TPSA) is 103 Å². The van der Waals surface area contributed by atoms with Gasteiger partial charge >= 0.3 is 0 Å². The first-order valence-electron chi connectivity index (χ1n) is 9.04. The number of benzene rings is 1. The van der Waals surface area contributed by atoms with E-state index in [1.807, 2.05) is 6.07 Å². The predicted molar refractivity (Wildman–Crippen MR) is 98.0 cm³/mol. The van der Waals surface area contributed by atoms with Crippen molar-refractivity contribution >= 4 is 22.7 Å². The van der Waals surface area contributed by atoms with Gasteiger partial charge in [-0.25, -0.2) is 0 Å². The summed E-state index contributed by atoms with van der Waals surface area (Å²) >= 11 is 0. The van der Waals surface area contributed by atoms with Crippen LogP contribution in [0, 0.1) is 0 Å². The maximum absolute atomic E-state index is 12.4. The van der Waals surface area contributed by atoms with Crippen molar-refractivity contribution in [2.75, 3.05) is 6.54 Å². The van der Waals surface area contributed by atoms with Crippen LogP contribution in [-0.2, 0) is 4.79 Å². The molecule has 26 heavy (non-hydrogen) atoms. The Hall–Kier alpha value is -2.67. The van der Waals surface area contributed by atoms with Gasteiger partial charge in [0.2, 0.25) is 11.3 Å². The Kier molecular flexibility index (Phi) is 4.46. The standard InChI is InChI=1S/C19H22N4O3/c24-17(23-13-7-11-5-6-12(8-13)22-11)10-21-19(26)15-9-20-16-4-2-1-3-14(16)18(15)25/h1-4,9,11-13,22H,5-8,10H2,(H,20,25)(H,21,26)(H,23,24). The highest BCUT2D eigenvalue weighted by Crippen LogP contribution is 2.26. The first kappa shape index (κ1) is 16.8. The van der Waals surface area contributed by atoms with Crippen molar-refractivity contribution in [1.82, 2.24) is 20.9 Å². The molecular formula is C19H22N4O3. The molecule has 4 rings (SSSR count). The van der Waals surface area contributed by atoms with Crippen LogP contribution in [0.5, 0.6) is 0 Å². The molecule has 4 N–H and O–H groups in total. The van der Waals surface area contributed by atoms with Crippen LogP contribution in [0.4, 0.5) is 0 Å². The Morgan fingerprint density at radius 1 is 1.12 bits per heavy atom. The second kappa shape index (κ2) is 6.92. The Balaban J connectivity index is 1.36. The number of rotatable bonds is 4. The number of aromatic nitrogens is 1. The van der Waals surface area contributed by atoms with E-state index >= 15 is 0 Å². The molecule has 7 heteroatoms. The number of hydrogen-bond donors (Lipinski definition) is 4. The van der Waals surface area contributed by atoms with Gasteiger partial charge in [-0.1, -0.05) is 12.1 Å². The van der Waals surface area contributed by atoms with Gasteiger partial charge in [-0.3, -0.25) is 14.4 Å². The van der Waals surface area contributed by atoms with Gasteiger partial charge in [-0.15, -0.1) is 0 Å². The Labute approximate surface area is 150 Å². The molecule has 0 aliphatic carbocycles. The zero-order valence-electron chi connectivity index (χ0n) is 14.4. The summed E-state index contributed by atoms with van der Waals surface area (Å²) in [5.74, 6) is -0.764. The first-order valence-corrected chi connectivity index (χ1v) is 9.04. The van der Waals surface area contributed by atoms with Crippen LogP contribution < -0.4 is 21.4 Å². The average molecular weight is 354 g/mol. The largest absolute Gasteiger partial charge is 0.360 e. The van der Waals surface area contributed by atoms with E-state index in [1.165, 1.54) is 19.0 Å². The highest BCUT2D eigenvalue weighted by atomic mass is 16.2. The summed E-state index contributed by atoms with van der Waals surface area (Å²) < 4.78 is 0. The molecule has 0 saturated carbocycles. The van der Waals surface area contributed by atoms with Crippen molar-refractivity contribution in [3.8, 4) is 0 Å². The molecule has 2 aromatic rings. The zero-order chi connectivity index (χ0) is 18.1. The van der Waals surface area contributed by atoms with E-state index in [-0.39, 0.29) is 29.5 Å². The summed E-state index contributed by atoms with van der Waals surface area (Å²) in [6.07, 6.45) is 5.58. The van der Waals surface area contributed by atoms with Crippen molar-refractivity contribution in [1.29, 1.82) is 0 Å². The molecule has 2 unspecified atom stereocenters. The molecule has 0 spiro atoms. The molecule has 2 amide bonds. The molecule has 2 bridgehead atoms. The number of aromatic amines is 1. The summed E-state index contributed by atoms with van der Waals surface area (Å²) in [7, 11) is 0. The quantitative estimate of drug-likeness (QED) is 0.647. The van der Waals surface area contributed by atoms with Crippen molar-refractivity contribution in [3.63, 3.8) is 0 Å². The fraction of sp³-hybridized carbons (Fsp3) is 0.421. The lowest BCUT2D eigenvalue weighted by Crippen LogP contribution is -2.50. The monoisotopic (exact) mass is 354 g/mol. The normalized spacial score (nSPS) is 24.4. The highest BCUT2D eigenvalue weighted by Gasteiger charge is 2.33. The van der Waals surface area contributed by atoms with E-state index in [9.17, 15) is 14.4 Å². The fourth-order valence-corrected chi connectivity index (χ4v) is 4.05. The lowest BCUT2D eigenvalue weighted by Gasteiger charge is -2.29. The minimum absolute atomic E-state index is 0.0106. The Bertz CT molecular complexity index is 895. The van der Waals surface area contributed by atoms with E-state index in [0.29, 0.717) is 23.0 Å². The zero-order valence-corrected chi connectivity index (χ0v) is 14.4. The lowest BCUT2D eigenvalue weighted by molar-refractivity contribution is -0.121. The second-order valence-electron chi connectivity index (χ2n) is 7.13. The number of hydrogen-bond acceptors (Lipinski definition) is 4. The minimum Gasteiger partial charge on any atom is -0.360 e. The highest BCUT2D eigenvalue weighted by molar-refractivity contribution is 5.98. The number of fused-ring (bicyclic) bond motifs is 3. The van der Waals surface area contributed by atoms with Gasteiger partial charge in [0, 0.05) is 35.2 Å². The third-order valence-electron chi connectivity index (χ3n) is 5.28. The number of nitrogens with one attached hydrogen (secondary N) is 4. The van der Waals surface area contributed by atoms with Crippen LogP contribution in [0.3, 0.4) is 0 Å². The second-order valence-corrected chi connectivity index (χ2v) is 7.13. The number of amides is 2. The van der Waals surface area contributed by atoms with Crippen LogP contribution in [-0.4, -0.2) is 41.5 Å². The van der Waals surface area contributed by atoms with Crippen LogP contribution in [0.25, 0.3) is 10.9 Å². The third kappa shape index (κ3) is 3.35. The van der Waals surface area contributed by atoms with Gasteiger partial charge in [-0.05, 0) is 37.8 Å². The minimum atomic E-state index is -0.544. The van der Waals surface area contributed by atoms with Crippen LogP contribution in [0.15, 0.2) is 35.3 Å². The van der Waals surface area contributed by atoms with Crippen molar-refractivity contribution < 1.29 is 9.59 Å². The van der Waals surface area contributed by atoms with Crippen LogP contribution >= 0.6 is 0 Å². The molecule has 136 valence electrons. The molecule has 2 fully saturated rings. The summed E-state index contributed by atoms with van der Waals surface area (Å²) in [5, 5.41) is 9.52. The SMILES string of the molecule is O=C(CNC(=O)c1c[nH]c2ccccc2c1=O)NC1CC2CCC(C1)N2. The molecule has 1 aromatic carbocycles. The van der Waals surface area contributed by atoms with E-state index < -0.39 is 5.91 Å². The number of piperidine rings is 1. The fourth-order valence-electron chi connectivity index (χ4n) is 4.05. The van der Waals surface area contributed by atoms with Crippen molar-refractivity contribution in [2.45, 2.75) is 43.8 Å². The molecule has 1 aromatic heterocycles. The summed E-state index contributed by atoms with van der Waals surface area (Å²) in [4.78, 5) is 39.8. The number of carbonyl (C=O) groups excluding carboxylic acids is 2. The molecular weight excluding hydrogens is 332 g/mol. The van der Waals surface area contributed by atoms with Gasteiger partial charge in [0.15, 0.2) is 0 Å². The van der Waals surface area contributed by atoms with Crippen LogP contribution in [0.2, 0.25) is 0 Å². The van der Waals surface area contributed by atoms with E-state index in [4.69, 9.17) is 0 Å². The molecule has 0 radical (unpaired) electrons.